The minimum atomic E-state index is -0.949. The second kappa shape index (κ2) is 8.68. The number of morpholine rings is 1. The van der Waals surface area contributed by atoms with Crippen molar-refractivity contribution >= 4 is 17.6 Å². The van der Waals surface area contributed by atoms with Crippen molar-refractivity contribution in [2.75, 3.05) is 26.3 Å². The lowest BCUT2D eigenvalue weighted by Crippen LogP contribution is -2.35. The molecule has 144 valence electrons. The number of hydrogen-bond donors (Lipinski definition) is 2. The maximum Gasteiger partial charge on any atom is 0.437 e. The van der Waals surface area contributed by atoms with Crippen molar-refractivity contribution < 1.29 is 18.7 Å². The second-order valence-corrected chi connectivity index (χ2v) is 6.32. The van der Waals surface area contributed by atoms with Gasteiger partial charge in [-0.25, -0.2) is 9.18 Å². The molecule has 27 heavy (non-hydrogen) atoms. The van der Waals surface area contributed by atoms with Crippen molar-refractivity contribution in [2.24, 2.45) is 16.5 Å². The smallest absolute Gasteiger partial charge is 0.437 e. The number of carbonyl (C=O) groups excluding carboxylic acids is 1. The molecule has 0 unspecified atom stereocenters. The zero-order valence-electron chi connectivity index (χ0n) is 15.0. The SMILES string of the molecule is NC(N)=NC(=O)OCc1cccc(C2=CC=C(N3CCOCC3)CC2)c1F. The van der Waals surface area contributed by atoms with E-state index in [2.05, 4.69) is 16.0 Å². The molecule has 1 saturated heterocycles. The highest BCUT2D eigenvalue weighted by Crippen LogP contribution is 2.31. The second-order valence-electron chi connectivity index (χ2n) is 6.32. The molecule has 8 heteroatoms. The van der Waals surface area contributed by atoms with E-state index in [-0.39, 0.29) is 12.2 Å². The van der Waals surface area contributed by atoms with Crippen molar-refractivity contribution in [3.05, 3.63) is 53.0 Å². The number of halogens is 1. The Morgan fingerprint density at radius 3 is 2.67 bits per heavy atom. The van der Waals surface area contributed by atoms with E-state index >= 15 is 0 Å². The van der Waals surface area contributed by atoms with Crippen molar-refractivity contribution in [3.63, 3.8) is 0 Å². The first-order chi connectivity index (χ1) is 13.0. The van der Waals surface area contributed by atoms with Crippen LogP contribution in [0.3, 0.4) is 0 Å². The predicted molar refractivity (Wildman–Crippen MR) is 100 cm³/mol. The van der Waals surface area contributed by atoms with E-state index in [4.69, 9.17) is 20.9 Å². The third-order valence-corrected chi connectivity index (χ3v) is 4.54. The van der Waals surface area contributed by atoms with Crippen LogP contribution in [0.15, 0.2) is 41.0 Å². The average Bonchev–Trinajstić information content (AvgIpc) is 2.67. The monoisotopic (exact) mass is 374 g/mol. The van der Waals surface area contributed by atoms with Crippen LogP contribution in [0, 0.1) is 5.82 Å². The summed E-state index contributed by atoms with van der Waals surface area (Å²) in [7, 11) is 0. The molecule has 1 fully saturated rings. The van der Waals surface area contributed by atoms with Crippen LogP contribution >= 0.6 is 0 Å². The van der Waals surface area contributed by atoms with Gasteiger partial charge in [-0.05, 0) is 24.5 Å². The Bertz CT molecular complexity index is 794. The molecule has 1 heterocycles. The Kier molecular flexibility index (Phi) is 6.08. The number of allylic oxidation sites excluding steroid dienone is 4. The van der Waals surface area contributed by atoms with Crippen LogP contribution < -0.4 is 11.5 Å². The van der Waals surface area contributed by atoms with Crippen molar-refractivity contribution in [2.45, 2.75) is 19.4 Å². The number of rotatable bonds is 4. The number of nitrogens with two attached hydrogens (primary N) is 2. The number of benzene rings is 1. The summed E-state index contributed by atoms with van der Waals surface area (Å²) in [5.41, 5.74) is 13.2. The van der Waals surface area contributed by atoms with E-state index in [0.29, 0.717) is 5.56 Å². The van der Waals surface area contributed by atoms with E-state index in [0.717, 1.165) is 44.7 Å². The molecule has 7 nitrogen and oxygen atoms in total. The molecule has 0 saturated carbocycles. The van der Waals surface area contributed by atoms with Crippen molar-refractivity contribution in [1.29, 1.82) is 0 Å². The molecule has 0 aromatic heterocycles. The van der Waals surface area contributed by atoms with Crippen LogP contribution in [0.4, 0.5) is 9.18 Å². The molecule has 1 aliphatic carbocycles. The maximum atomic E-state index is 14.9. The van der Waals surface area contributed by atoms with Gasteiger partial charge in [0.2, 0.25) is 0 Å². The largest absolute Gasteiger partial charge is 0.443 e. The van der Waals surface area contributed by atoms with Gasteiger partial charge in [-0.15, -0.1) is 4.99 Å². The summed E-state index contributed by atoms with van der Waals surface area (Å²) in [5, 5.41) is 0. The number of carbonyl (C=O) groups is 1. The van der Waals surface area contributed by atoms with E-state index in [9.17, 15) is 9.18 Å². The summed E-state index contributed by atoms with van der Waals surface area (Å²) in [4.78, 5) is 16.9. The summed E-state index contributed by atoms with van der Waals surface area (Å²) >= 11 is 0. The molecule has 4 N–H and O–H groups in total. The topological polar surface area (TPSA) is 103 Å². The van der Waals surface area contributed by atoms with Gasteiger partial charge in [0.15, 0.2) is 5.96 Å². The molecule has 0 atom stereocenters. The lowest BCUT2D eigenvalue weighted by molar-refractivity contribution is 0.0521. The van der Waals surface area contributed by atoms with Gasteiger partial charge in [0.05, 0.1) is 13.2 Å². The minimum absolute atomic E-state index is 0.239. The molecule has 3 rings (SSSR count). The lowest BCUT2D eigenvalue weighted by atomic mass is 9.93. The van der Waals surface area contributed by atoms with Gasteiger partial charge in [-0.2, -0.15) is 0 Å². The Labute approximate surface area is 157 Å². The third-order valence-electron chi connectivity index (χ3n) is 4.54. The fraction of sp³-hybridized carbons (Fsp3) is 0.368. The van der Waals surface area contributed by atoms with Gasteiger partial charge in [-0.3, -0.25) is 0 Å². The number of nitrogens with zero attached hydrogens (tertiary/aromatic N) is 2. The van der Waals surface area contributed by atoms with Gasteiger partial charge in [0.25, 0.3) is 0 Å². The van der Waals surface area contributed by atoms with Crippen LogP contribution in [-0.4, -0.2) is 43.3 Å². The summed E-state index contributed by atoms with van der Waals surface area (Å²) in [6, 6.07) is 5.04. The van der Waals surface area contributed by atoms with Crippen LogP contribution in [0.25, 0.3) is 5.57 Å². The molecule has 0 bridgehead atoms. The number of guanidine groups is 1. The normalized spacial score (nSPS) is 17.0. The summed E-state index contributed by atoms with van der Waals surface area (Å²) < 4.78 is 25.1. The Balaban J connectivity index is 1.72. The Morgan fingerprint density at radius 2 is 2.00 bits per heavy atom. The molecular formula is C19H23FN4O3. The number of hydrogen-bond acceptors (Lipinski definition) is 4. The van der Waals surface area contributed by atoms with E-state index in [1.54, 1.807) is 18.2 Å². The first-order valence-electron chi connectivity index (χ1n) is 8.81. The standard InChI is InChI=1S/C19H23FN4O3/c20-17-14(12-27-19(25)23-18(21)22)2-1-3-16(17)13-4-6-15(7-5-13)24-8-10-26-11-9-24/h1-4,6H,5,7-12H2,(H4,21,22,23,25). The van der Waals surface area contributed by atoms with Gasteiger partial charge >= 0.3 is 6.09 Å². The molecular weight excluding hydrogens is 351 g/mol. The van der Waals surface area contributed by atoms with E-state index in [1.165, 1.54) is 5.70 Å². The molecule has 0 spiro atoms. The van der Waals surface area contributed by atoms with Crippen LogP contribution in [-0.2, 0) is 16.1 Å². The molecule has 1 amide bonds. The van der Waals surface area contributed by atoms with E-state index in [1.807, 2.05) is 6.08 Å². The fourth-order valence-corrected chi connectivity index (χ4v) is 3.18. The number of ether oxygens (including phenoxy) is 2. The van der Waals surface area contributed by atoms with Crippen LogP contribution in [0.5, 0.6) is 0 Å². The fourth-order valence-electron chi connectivity index (χ4n) is 3.18. The molecule has 1 aromatic carbocycles. The first-order valence-corrected chi connectivity index (χ1v) is 8.81. The van der Waals surface area contributed by atoms with Crippen LogP contribution in [0.2, 0.25) is 0 Å². The number of amides is 1. The highest BCUT2D eigenvalue weighted by Gasteiger charge is 2.19. The molecule has 0 radical (unpaired) electrons. The predicted octanol–water partition coefficient (Wildman–Crippen LogP) is 2.13. The summed E-state index contributed by atoms with van der Waals surface area (Å²) in [5.74, 6) is -0.797. The minimum Gasteiger partial charge on any atom is -0.443 e. The third kappa shape index (κ3) is 4.85. The van der Waals surface area contributed by atoms with E-state index < -0.39 is 17.9 Å². The molecule has 1 aliphatic heterocycles. The summed E-state index contributed by atoms with van der Waals surface area (Å²) in [6.07, 6.45) is 4.67. The highest BCUT2D eigenvalue weighted by molar-refractivity contribution is 5.87. The van der Waals surface area contributed by atoms with Gasteiger partial charge in [-0.1, -0.05) is 24.3 Å². The quantitative estimate of drug-likeness (QED) is 0.618. The molecule has 1 aromatic rings. The van der Waals surface area contributed by atoms with Gasteiger partial charge in [0, 0.05) is 29.9 Å². The zero-order chi connectivity index (χ0) is 19.2. The maximum absolute atomic E-state index is 14.9. The van der Waals surface area contributed by atoms with Crippen molar-refractivity contribution in [1.82, 2.24) is 4.90 Å². The first kappa shape index (κ1) is 18.9. The Morgan fingerprint density at radius 1 is 1.22 bits per heavy atom. The van der Waals surface area contributed by atoms with Crippen molar-refractivity contribution in [3.8, 4) is 0 Å². The van der Waals surface area contributed by atoms with Gasteiger partial charge in [0.1, 0.15) is 12.4 Å². The number of aliphatic imine (C=N–C) groups is 1. The average molecular weight is 374 g/mol. The molecule has 2 aliphatic rings. The van der Waals surface area contributed by atoms with Gasteiger partial charge < -0.3 is 25.8 Å². The summed E-state index contributed by atoms with van der Waals surface area (Å²) in [6.45, 7) is 3.02. The van der Waals surface area contributed by atoms with Crippen LogP contribution in [0.1, 0.15) is 24.0 Å². The zero-order valence-corrected chi connectivity index (χ0v) is 15.0. The lowest BCUT2D eigenvalue weighted by Gasteiger charge is -2.32. The Hall–Kier alpha value is -2.87. The highest BCUT2D eigenvalue weighted by atomic mass is 19.1.